The Morgan fingerprint density at radius 2 is 2.22 bits per heavy atom. The first-order valence-electron chi connectivity index (χ1n) is 6.74. The van der Waals surface area contributed by atoms with Gasteiger partial charge in [-0.05, 0) is 37.4 Å². The Kier molecular flexibility index (Phi) is 3.58. The van der Waals surface area contributed by atoms with E-state index in [9.17, 15) is 5.26 Å². The number of rotatable bonds is 2. The molecule has 0 radical (unpaired) electrons. The molecule has 3 rings (SSSR count). The molecular formula is C15H18N2S. The number of hydrogen-bond acceptors (Lipinski definition) is 3. The molecule has 1 aromatic carbocycles. The number of benzene rings is 1. The lowest BCUT2D eigenvalue weighted by Crippen LogP contribution is -2.41. The van der Waals surface area contributed by atoms with Gasteiger partial charge in [0.1, 0.15) is 0 Å². The first-order valence-corrected chi connectivity index (χ1v) is 7.72. The number of piperidine rings is 1. The molecule has 1 fully saturated rings. The average molecular weight is 258 g/mol. The van der Waals surface area contributed by atoms with E-state index in [0.29, 0.717) is 5.92 Å². The van der Waals surface area contributed by atoms with E-state index < -0.39 is 0 Å². The molecule has 2 unspecified atom stereocenters. The zero-order valence-electron chi connectivity index (χ0n) is 10.5. The molecule has 0 aliphatic carbocycles. The fourth-order valence-electron chi connectivity index (χ4n) is 3.02. The lowest BCUT2D eigenvalue weighted by molar-refractivity contribution is 0.177. The Labute approximate surface area is 113 Å². The molecule has 0 bridgehead atoms. The van der Waals surface area contributed by atoms with E-state index in [-0.39, 0.29) is 6.04 Å². The first kappa shape index (κ1) is 12.1. The summed E-state index contributed by atoms with van der Waals surface area (Å²) in [5, 5.41) is 9.23. The highest BCUT2D eigenvalue weighted by Gasteiger charge is 2.29. The van der Waals surface area contributed by atoms with Gasteiger partial charge < -0.3 is 0 Å². The lowest BCUT2D eigenvalue weighted by atomic mass is 9.97. The maximum atomic E-state index is 9.23. The van der Waals surface area contributed by atoms with Crippen LogP contribution in [0.3, 0.4) is 0 Å². The number of nitriles is 1. The van der Waals surface area contributed by atoms with E-state index in [4.69, 9.17) is 0 Å². The van der Waals surface area contributed by atoms with E-state index >= 15 is 0 Å². The fourth-order valence-corrected chi connectivity index (χ4v) is 4.26. The number of likely N-dealkylation sites (tertiary alicyclic amines) is 1. The quantitative estimate of drug-likeness (QED) is 0.814. The molecule has 2 aliphatic rings. The summed E-state index contributed by atoms with van der Waals surface area (Å²) in [7, 11) is 0. The Morgan fingerprint density at radius 3 is 3.11 bits per heavy atom. The molecule has 3 heteroatoms. The Hall–Kier alpha value is -0.980. The summed E-state index contributed by atoms with van der Waals surface area (Å²) in [4.78, 5) is 3.84. The summed E-state index contributed by atoms with van der Waals surface area (Å²) in [6.07, 6.45) is 3.52. The lowest BCUT2D eigenvalue weighted by Gasteiger charge is -2.33. The summed E-state index contributed by atoms with van der Waals surface area (Å²) >= 11 is 1.96. The summed E-state index contributed by atoms with van der Waals surface area (Å²) in [5.41, 5.74) is 1.49. The van der Waals surface area contributed by atoms with Crippen LogP contribution in [0.15, 0.2) is 29.2 Å². The zero-order valence-corrected chi connectivity index (χ0v) is 11.3. The maximum absolute atomic E-state index is 9.23. The third-order valence-corrected chi connectivity index (χ3v) is 5.27. The number of thioether (sulfide) groups is 1. The minimum atomic E-state index is 0.150. The first-order chi connectivity index (χ1) is 8.88. The van der Waals surface area contributed by atoms with Gasteiger partial charge in [-0.15, -0.1) is 11.8 Å². The standard InChI is InChI=1S/C15H18N2S/c16-9-13-5-3-4-8-17(13)10-12-11-18-15-7-2-1-6-14(12)15/h1-2,6-7,12-13H,3-5,8,10-11H2. The van der Waals surface area contributed by atoms with Crippen LogP contribution in [0.25, 0.3) is 0 Å². The zero-order chi connectivity index (χ0) is 12.4. The van der Waals surface area contributed by atoms with Gasteiger partial charge in [0.05, 0.1) is 12.1 Å². The highest BCUT2D eigenvalue weighted by molar-refractivity contribution is 7.99. The molecule has 2 heterocycles. The summed E-state index contributed by atoms with van der Waals surface area (Å²) in [6, 6.07) is 11.3. The highest BCUT2D eigenvalue weighted by atomic mass is 32.2. The monoisotopic (exact) mass is 258 g/mol. The second-order valence-corrected chi connectivity index (χ2v) is 6.24. The van der Waals surface area contributed by atoms with E-state index in [2.05, 4.69) is 35.2 Å². The molecule has 0 amide bonds. The van der Waals surface area contributed by atoms with E-state index in [0.717, 1.165) is 19.5 Å². The van der Waals surface area contributed by atoms with Crippen molar-refractivity contribution in [3.8, 4) is 6.07 Å². The Bertz CT molecular complexity index is 466. The summed E-state index contributed by atoms with van der Waals surface area (Å²) in [6.45, 7) is 2.16. The Balaban J connectivity index is 1.72. The molecule has 0 saturated carbocycles. The van der Waals surface area contributed by atoms with Crippen LogP contribution in [0.1, 0.15) is 30.7 Å². The van der Waals surface area contributed by atoms with Gasteiger partial charge in [-0.2, -0.15) is 5.26 Å². The summed E-state index contributed by atoms with van der Waals surface area (Å²) in [5.74, 6) is 1.79. The van der Waals surface area contributed by atoms with E-state index in [1.165, 1.54) is 29.1 Å². The molecule has 0 aromatic heterocycles. The highest BCUT2D eigenvalue weighted by Crippen LogP contribution is 2.40. The van der Waals surface area contributed by atoms with Gasteiger partial charge in [0, 0.05) is 23.1 Å². The normalized spacial score (nSPS) is 27.7. The van der Waals surface area contributed by atoms with Crippen LogP contribution < -0.4 is 0 Å². The predicted molar refractivity (Wildman–Crippen MR) is 74.7 cm³/mol. The van der Waals surface area contributed by atoms with Crippen molar-refractivity contribution in [2.75, 3.05) is 18.8 Å². The number of fused-ring (bicyclic) bond motifs is 1. The van der Waals surface area contributed by atoms with Crippen molar-refractivity contribution in [1.29, 1.82) is 5.26 Å². The third kappa shape index (κ3) is 2.28. The van der Waals surface area contributed by atoms with Crippen LogP contribution in [0.5, 0.6) is 0 Å². The second kappa shape index (κ2) is 5.34. The smallest absolute Gasteiger partial charge is 0.0978 e. The van der Waals surface area contributed by atoms with Crippen LogP contribution >= 0.6 is 11.8 Å². The van der Waals surface area contributed by atoms with Crippen molar-refractivity contribution < 1.29 is 0 Å². The minimum absolute atomic E-state index is 0.150. The fraction of sp³-hybridized carbons (Fsp3) is 0.533. The topological polar surface area (TPSA) is 27.0 Å². The van der Waals surface area contributed by atoms with Crippen molar-refractivity contribution in [3.63, 3.8) is 0 Å². The van der Waals surface area contributed by atoms with Crippen LogP contribution in [0, 0.1) is 11.3 Å². The molecule has 2 aliphatic heterocycles. The van der Waals surface area contributed by atoms with Crippen molar-refractivity contribution >= 4 is 11.8 Å². The molecule has 0 spiro atoms. The molecule has 0 N–H and O–H groups in total. The molecule has 2 nitrogen and oxygen atoms in total. The van der Waals surface area contributed by atoms with Gasteiger partial charge in [-0.1, -0.05) is 18.2 Å². The molecule has 2 atom stereocenters. The van der Waals surface area contributed by atoms with Gasteiger partial charge in [-0.3, -0.25) is 4.90 Å². The number of hydrogen-bond donors (Lipinski definition) is 0. The van der Waals surface area contributed by atoms with Gasteiger partial charge >= 0.3 is 0 Å². The van der Waals surface area contributed by atoms with Gasteiger partial charge in [0.2, 0.25) is 0 Å². The minimum Gasteiger partial charge on any atom is -0.287 e. The predicted octanol–water partition coefficient (Wildman–Crippen LogP) is 3.25. The second-order valence-electron chi connectivity index (χ2n) is 5.18. The van der Waals surface area contributed by atoms with Gasteiger partial charge in [0.15, 0.2) is 0 Å². The van der Waals surface area contributed by atoms with Crippen LogP contribution in [-0.2, 0) is 0 Å². The Morgan fingerprint density at radius 1 is 1.33 bits per heavy atom. The maximum Gasteiger partial charge on any atom is 0.0978 e. The van der Waals surface area contributed by atoms with E-state index in [1.54, 1.807) is 0 Å². The van der Waals surface area contributed by atoms with Crippen molar-refractivity contribution in [1.82, 2.24) is 4.90 Å². The SMILES string of the molecule is N#CC1CCCCN1CC1CSc2ccccc21. The van der Waals surface area contributed by atoms with Crippen LogP contribution in [0.4, 0.5) is 0 Å². The van der Waals surface area contributed by atoms with Crippen molar-refractivity contribution in [3.05, 3.63) is 29.8 Å². The molecule has 18 heavy (non-hydrogen) atoms. The van der Waals surface area contributed by atoms with Crippen LogP contribution in [-0.4, -0.2) is 29.8 Å². The van der Waals surface area contributed by atoms with Gasteiger partial charge in [-0.25, -0.2) is 0 Å². The molecule has 94 valence electrons. The van der Waals surface area contributed by atoms with Gasteiger partial charge in [0.25, 0.3) is 0 Å². The van der Waals surface area contributed by atoms with Crippen LogP contribution in [0.2, 0.25) is 0 Å². The largest absolute Gasteiger partial charge is 0.287 e. The molecular weight excluding hydrogens is 240 g/mol. The van der Waals surface area contributed by atoms with E-state index in [1.807, 2.05) is 11.8 Å². The number of nitrogens with zero attached hydrogens (tertiary/aromatic N) is 2. The third-order valence-electron chi connectivity index (χ3n) is 4.02. The summed E-state index contributed by atoms with van der Waals surface area (Å²) < 4.78 is 0. The molecule has 1 saturated heterocycles. The van der Waals surface area contributed by atoms with Crippen molar-refractivity contribution in [2.24, 2.45) is 0 Å². The average Bonchev–Trinajstić information content (AvgIpc) is 2.83. The molecule has 1 aromatic rings. The van der Waals surface area contributed by atoms with Crippen molar-refractivity contribution in [2.45, 2.75) is 36.1 Å².